The summed E-state index contributed by atoms with van der Waals surface area (Å²) in [5.41, 5.74) is 4.36. The second-order valence-corrected chi connectivity index (χ2v) is 4.38. The lowest BCUT2D eigenvalue weighted by Gasteiger charge is -2.02. The van der Waals surface area contributed by atoms with E-state index < -0.39 is 0 Å². The molecule has 19 heavy (non-hydrogen) atoms. The zero-order valence-corrected chi connectivity index (χ0v) is 10.6. The molecule has 3 aromatic rings. The maximum absolute atomic E-state index is 8.92. The Morgan fingerprint density at radius 2 is 1.95 bits per heavy atom. The third kappa shape index (κ3) is 2.04. The molecule has 0 saturated carbocycles. The van der Waals surface area contributed by atoms with Gasteiger partial charge >= 0.3 is 0 Å². The molecule has 2 aromatic heterocycles. The van der Waals surface area contributed by atoms with Crippen LogP contribution in [-0.2, 0) is 0 Å². The van der Waals surface area contributed by atoms with Crippen molar-refractivity contribution < 1.29 is 0 Å². The first-order valence-electron chi connectivity index (χ1n) is 5.88. The summed E-state index contributed by atoms with van der Waals surface area (Å²) in [5, 5.41) is 8.92. The standard InChI is InChI=1S/C14H11N5/c1-8-5-12(19-14(7-15)16-8)10-3-4-11-13(6-10)18-9(2)17-11/h3-6H,1-2H3,(H,17,18). The Morgan fingerprint density at radius 3 is 2.74 bits per heavy atom. The molecule has 92 valence electrons. The fourth-order valence-corrected chi connectivity index (χ4v) is 2.06. The number of aromatic amines is 1. The molecule has 5 nitrogen and oxygen atoms in total. The van der Waals surface area contributed by atoms with E-state index in [1.165, 1.54) is 0 Å². The highest BCUT2D eigenvalue weighted by Crippen LogP contribution is 2.22. The normalized spacial score (nSPS) is 10.6. The van der Waals surface area contributed by atoms with Crippen LogP contribution in [0.3, 0.4) is 0 Å². The number of hydrogen-bond donors (Lipinski definition) is 1. The van der Waals surface area contributed by atoms with Gasteiger partial charge in [-0.25, -0.2) is 15.0 Å². The van der Waals surface area contributed by atoms with Crippen molar-refractivity contribution in [2.24, 2.45) is 0 Å². The quantitative estimate of drug-likeness (QED) is 0.718. The minimum Gasteiger partial charge on any atom is -0.342 e. The Bertz CT molecular complexity index is 810. The molecule has 5 heteroatoms. The van der Waals surface area contributed by atoms with Gasteiger partial charge in [-0.2, -0.15) is 5.26 Å². The van der Waals surface area contributed by atoms with Crippen LogP contribution in [0, 0.1) is 25.2 Å². The smallest absolute Gasteiger partial charge is 0.232 e. The number of rotatable bonds is 1. The summed E-state index contributed by atoms with van der Waals surface area (Å²) in [4.78, 5) is 15.8. The first kappa shape index (κ1) is 11.4. The summed E-state index contributed by atoms with van der Waals surface area (Å²) in [6.07, 6.45) is 0. The van der Waals surface area contributed by atoms with Crippen molar-refractivity contribution in [1.82, 2.24) is 19.9 Å². The Balaban J connectivity index is 2.18. The molecule has 3 rings (SSSR count). The Kier molecular flexibility index (Phi) is 2.50. The van der Waals surface area contributed by atoms with E-state index in [0.717, 1.165) is 33.8 Å². The molecule has 0 radical (unpaired) electrons. The molecule has 1 N–H and O–H groups in total. The minimum absolute atomic E-state index is 0.191. The molecule has 0 saturated heterocycles. The topological polar surface area (TPSA) is 78.2 Å². The van der Waals surface area contributed by atoms with Crippen LogP contribution in [0.1, 0.15) is 17.3 Å². The highest BCUT2D eigenvalue weighted by Gasteiger charge is 2.06. The average molecular weight is 249 g/mol. The number of H-pyrrole nitrogens is 1. The number of nitrogens with zero attached hydrogens (tertiary/aromatic N) is 4. The summed E-state index contributed by atoms with van der Waals surface area (Å²) in [7, 11) is 0. The Hall–Kier alpha value is -2.74. The first-order valence-corrected chi connectivity index (χ1v) is 5.88. The van der Waals surface area contributed by atoms with Crippen molar-refractivity contribution >= 4 is 11.0 Å². The van der Waals surface area contributed by atoms with Crippen molar-refractivity contribution in [2.45, 2.75) is 13.8 Å². The van der Waals surface area contributed by atoms with Gasteiger partial charge in [0.2, 0.25) is 5.82 Å². The lowest BCUT2D eigenvalue weighted by Crippen LogP contribution is -1.94. The van der Waals surface area contributed by atoms with E-state index in [0.29, 0.717) is 0 Å². The van der Waals surface area contributed by atoms with Crippen molar-refractivity contribution in [3.63, 3.8) is 0 Å². The second kappa shape index (κ2) is 4.18. The number of nitriles is 1. The number of aromatic nitrogens is 4. The van der Waals surface area contributed by atoms with Crippen LogP contribution in [0.15, 0.2) is 24.3 Å². The maximum atomic E-state index is 8.92. The highest BCUT2D eigenvalue weighted by molar-refractivity contribution is 5.81. The van der Waals surface area contributed by atoms with E-state index >= 15 is 0 Å². The van der Waals surface area contributed by atoms with Gasteiger partial charge in [0.15, 0.2) is 0 Å². The fraction of sp³-hybridized carbons (Fsp3) is 0.143. The van der Waals surface area contributed by atoms with Gasteiger partial charge in [-0.3, -0.25) is 0 Å². The van der Waals surface area contributed by atoms with Crippen LogP contribution in [0.2, 0.25) is 0 Å². The van der Waals surface area contributed by atoms with E-state index in [9.17, 15) is 0 Å². The van der Waals surface area contributed by atoms with Gasteiger partial charge in [0.25, 0.3) is 0 Å². The zero-order chi connectivity index (χ0) is 13.4. The summed E-state index contributed by atoms with van der Waals surface area (Å²) < 4.78 is 0. The van der Waals surface area contributed by atoms with Gasteiger partial charge in [-0.05, 0) is 32.0 Å². The lowest BCUT2D eigenvalue weighted by molar-refractivity contribution is 1.07. The number of fused-ring (bicyclic) bond motifs is 1. The third-order valence-electron chi connectivity index (χ3n) is 2.85. The Morgan fingerprint density at radius 1 is 1.11 bits per heavy atom. The van der Waals surface area contributed by atoms with Crippen molar-refractivity contribution in [3.8, 4) is 17.3 Å². The summed E-state index contributed by atoms with van der Waals surface area (Å²) in [6.45, 7) is 3.77. The van der Waals surface area contributed by atoms with Crippen molar-refractivity contribution in [1.29, 1.82) is 5.26 Å². The molecule has 0 bridgehead atoms. The van der Waals surface area contributed by atoms with Gasteiger partial charge in [-0.1, -0.05) is 6.07 Å². The molecule has 0 spiro atoms. The molecular formula is C14H11N5. The lowest BCUT2D eigenvalue weighted by atomic mass is 10.1. The predicted molar refractivity (Wildman–Crippen MR) is 71.3 cm³/mol. The van der Waals surface area contributed by atoms with Crippen molar-refractivity contribution in [2.75, 3.05) is 0 Å². The van der Waals surface area contributed by atoms with E-state index in [1.54, 1.807) is 0 Å². The van der Waals surface area contributed by atoms with Crippen LogP contribution in [0.5, 0.6) is 0 Å². The Labute approximate surface area is 110 Å². The van der Waals surface area contributed by atoms with Gasteiger partial charge in [-0.15, -0.1) is 0 Å². The first-order chi connectivity index (χ1) is 9.15. The average Bonchev–Trinajstić information content (AvgIpc) is 2.76. The molecule has 0 amide bonds. The van der Waals surface area contributed by atoms with Gasteiger partial charge < -0.3 is 4.98 Å². The minimum atomic E-state index is 0.191. The molecule has 0 unspecified atom stereocenters. The van der Waals surface area contributed by atoms with E-state index in [4.69, 9.17) is 5.26 Å². The summed E-state index contributed by atoms with van der Waals surface area (Å²) >= 11 is 0. The number of hydrogen-bond acceptors (Lipinski definition) is 4. The van der Waals surface area contributed by atoms with Crippen LogP contribution in [-0.4, -0.2) is 19.9 Å². The molecule has 2 heterocycles. The van der Waals surface area contributed by atoms with Crippen LogP contribution in [0.25, 0.3) is 22.3 Å². The molecule has 0 fully saturated rings. The SMILES string of the molecule is Cc1cc(-c2ccc3nc(C)[nH]c3c2)nc(C#N)n1. The van der Waals surface area contributed by atoms with Crippen LogP contribution < -0.4 is 0 Å². The monoisotopic (exact) mass is 249 g/mol. The molecule has 0 aliphatic rings. The number of nitrogens with one attached hydrogen (secondary N) is 1. The summed E-state index contributed by atoms with van der Waals surface area (Å²) in [5.74, 6) is 1.07. The predicted octanol–water partition coefficient (Wildman–Crippen LogP) is 2.51. The third-order valence-corrected chi connectivity index (χ3v) is 2.85. The molecule has 0 aliphatic carbocycles. The second-order valence-electron chi connectivity index (χ2n) is 4.38. The van der Waals surface area contributed by atoms with E-state index in [2.05, 4.69) is 19.9 Å². The van der Waals surface area contributed by atoms with Crippen LogP contribution >= 0.6 is 0 Å². The summed E-state index contributed by atoms with van der Waals surface area (Å²) in [6, 6.07) is 9.72. The van der Waals surface area contributed by atoms with Gasteiger partial charge in [0.1, 0.15) is 11.9 Å². The van der Waals surface area contributed by atoms with Crippen molar-refractivity contribution in [3.05, 3.63) is 41.6 Å². The number of benzene rings is 1. The van der Waals surface area contributed by atoms with Gasteiger partial charge in [0, 0.05) is 11.3 Å². The van der Waals surface area contributed by atoms with Crippen LogP contribution in [0.4, 0.5) is 0 Å². The van der Waals surface area contributed by atoms with Gasteiger partial charge in [0.05, 0.1) is 16.7 Å². The largest absolute Gasteiger partial charge is 0.342 e. The number of aryl methyl sites for hydroxylation is 2. The van der Waals surface area contributed by atoms with E-state index in [1.807, 2.05) is 44.2 Å². The molecular weight excluding hydrogens is 238 g/mol. The van der Waals surface area contributed by atoms with E-state index in [-0.39, 0.29) is 5.82 Å². The molecule has 0 aliphatic heterocycles. The number of imidazole rings is 1. The highest BCUT2D eigenvalue weighted by atomic mass is 14.9. The molecule has 0 atom stereocenters. The fourth-order valence-electron chi connectivity index (χ4n) is 2.06. The zero-order valence-electron chi connectivity index (χ0n) is 10.6. The maximum Gasteiger partial charge on any atom is 0.232 e. The molecule has 1 aromatic carbocycles.